The van der Waals surface area contributed by atoms with Gasteiger partial charge in [-0.15, -0.1) is 0 Å². The fraction of sp³-hybridized carbons (Fsp3) is 0.462. The van der Waals surface area contributed by atoms with Gasteiger partial charge in [0.05, 0.1) is 11.7 Å². The third-order valence-electron chi connectivity index (χ3n) is 3.19. The largest absolute Gasteiger partial charge is 0.480 e. The van der Waals surface area contributed by atoms with Gasteiger partial charge in [-0.3, -0.25) is 0 Å². The van der Waals surface area contributed by atoms with E-state index in [1.807, 2.05) is 0 Å². The van der Waals surface area contributed by atoms with E-state index in [4.69, 9.17) is 9.84 Å². The van der Waals surface area contributed by atoms with Gasteiger partial charge in [0.15, 0.2) is 0 Å². The van der Waals surface area contributed by atoms with Crippen LogP contribution in [0.2, 0.25) is 0 Å². The lowest BCUT2D eigenvalue weighted by Gasteiger charge is -2.23. The maximum absolute atomic E-state index is 13.0. The number of benzene rings is 1. The molecule has 0 spiro atoms. The number of alkyl halides is 3. The van der Waals surface area contributed by atoms with Crippen molar-refractivity contribution >= 4 is 11.7 Å². The highest BCUT2D eigenvalue weighted by Gasteiger charge is 2.37. The number of carbonyl (C=O) groups is 1. The summed E-state index contributed by atoms with van der Waals surface area (Å²) in [5, 5.41) is 8.51. The van der Waals surface area contributed by atoms with Crippen molar-refractivity contribution in [3.63, 3.8) is 0 Å². The van der Waals surface area contributed by atoms with E-state index in [0.717, 1.165) is 12.1 Å². The van der Waals surface area contributed by atoms with Crippen LogP contribution in [-0.4, -0.2) is 36.9 Å². The van der Waals surface area contributed by atoms with Crippen LogP contribution in [0.5, 0.6) is 0 Å². The van der Waals surface area contributed by atoms with Gasteiger partial charge in [-0.25, -0.2) is 9.18 Å². The first-order valence-corrected chi connectivity index (χ1v) is 6.22. The Morgan fingerprint density at radius 1 is 1.43 bits per heavy atom. The zero-order valence-electron chi connectivity index (χ0n) is 10.9. The second-order valence-corrected chi connectivity index (χ2v) is 4.72. The van der Waals surface area contributed by atoms with Gasteiger partial charge in [0.2, 0.25) is 0 Å². The second kappa shape index (κ2) is 5.88. The Morgan fingerprint density at radius 3 is 2.76 bits per heavy atom. The van der Waals surface area contributed by atoms with Crippen LogP contribution in [0, 0.1) is 5.82 Å². The molecule has 8 heteroatoms. The normalized spacial score (nSPS) is 19.0. The molecule has 1 atom stereocenters. The topological polar surface area (TPSA) is 49.8 Å². The van der Waals surface area contributed by atoms with E-state index < -0.39 is 36.2 Å². The van der Waals surface area contributed by atoms with Gasteiger partial charge in [-0.1, -0.05) is 0 Å². The van der Waals surface area contributed by atoms with Gasteiger partial charge in [-0.05, 0) is 24.6 Å². The summed E-state index contributed by atoms with van der Waals surface area (Å²) in [7, 11) is 0. The first kappa shape index (κ1) is 15.6. The van der Waals surface area contributed by atoms with Crippen LogP contribution in [0.15, 0.2) is 18.2 Å². The molecule has 1 aromatic carbocycles. The minimum atomic E-state index is -4.66. The predicted octanol–water partition coefficient (Wildman–Crippen LogP) is 2.52. The average molecular weight is 307 g/mol. The van der Waals surface area contributed by atoms with Gasteiger partial charge in [0.1, 0.15) is 12.4 Å². The highest BCUT2D eigenvalue weighted by atomic mass is 19.4. The summed E-state index contributed by atoms with van der Waals surface area (Å²) < 4.78 is 56.9. The molecule has 116 valence electrons. The third kappa shape index (κ3) is 3.84. The SMILES string of the molecule is O=C(O)COC1CCN(c2ccc(F)cc2C(F)(F)F)C1. The highest BCUT2D eigenvalue weighted by molar-refractivity contribution is 5.68. The van der Waals surface area contributed by atoms with Crippen molar-refractivity contribution < 1.29 is 32.2 Å². The van der Waals surface area contributed by atoms with Crippen LogP contribution in [0.3, 0.4) is 0 Å². The Morgan fingerprint density at radius 2 is 2.14 bits per heavy atom. The molecule has 1 saturated heterocycles. The van der Waals surface area contributed by atoms with E-state index in [2.05, 4.69) is 0 Å². The van der Waals surface area contributed by atoms with Gasteiger partial charge in [0, 0.05) is 18.8 Å². The number of anilines is 1. The van der Waals surface area contributed by atoms with Crippen molar-refractivity contribution in [1.82, 2.24) is 0 Å². The Hall–Kier alpha value is -1.83. The number of halogens is 4. The number of aliphatic carboxylic acids is 1. The number of hydrogen-bond donors (Lipinski definition) is 1. The molecule has 0 aliphatic carbocycles. The Labute approximate surface area is 117 Å². The molecule has 0 saturated carbocycles. The fourth-order valence-corrected chi connectivity index (χ4v) is 2.28. The maximum Gasteiger partial charge on any atom is 0.418 e. The van der Waals surface area contributed by atoms with Crippen molar-refractivity contribution in [2.75, 3.05) is 24.6 Å². The Balaban J connectivity index is 2.14. The smallest absolute Gasteiger partial charge is 0.418 e. The summed E-state index contributed by atoms with van der Waals surface area (Å²) in [6.07, 6.45) is -4.69. The van der Waals surface area contributed by atoms with Crippen molar-refractivity contribution in [2.24, 2.45) is 0 Å². The van der Waals surface area contributed by atoms with Crippen LogP contribution >= 0.6 is 0 Å². The number of hydrogen-bond acceptors (Lipinski definition) is 3. The van der Waals surface area contributed by atoms with Crippen LogP contribution in [0.1, 0.15) is 12.0 Å². The molecule has 1 fully saturated rings. The quantitative estimate of drug-likeness (QED) is 0.869. The predicted molar refractivity (Wildman–Crippen MR) is 65.6 cm³/mol. The van der Waals surface area contributed by atoms with Crippen LogP contribution in [0.4, 0.5) is 23.2 Å². The molecular weight excluding hydrogens is 294 g/mol. The first-order chi connectivity index (χ1) is 9.77. The Bertz CT molecular complexity index is 533. The molecule has 1 N–H and O–H groups in total. The van der Waals surface area contributed by atoms with E-state index >= 15 is 0 Å². The molecule has 1 aliphatic heterocycles. The molecule has 0 aromatic heterocycles. The molecule has 1 aliphatic rings. The minimum absolute atomic E-state index is 0.120. The van der Waals surface area contributed by atoms with E-state index in [-0.39, 0.29) is 12.2 Å². The maximum atomic E-state index is 13.0. The van der Waals surface area contributed by atoms with Gasteiger partial charge < -0.3 is 14.7 Å². The van der Waals surface area contributed by atoms with Crippen molar-refractivity contribution in [1.29, 1.82) is 0 Å². The zero-order valence-corrected chi connectivity index (χ0v) is 10.9. The zero-order chi connectivity index (χ0) is 15.6. The summed E-state index contributed by atoms with van der Waals surface area (Å²) in [5.74, 6) is -2.09. The summed E-state index contributed by atoms with van der Waals surface area (Å²) >= 11 is 0. The lowest BCUT2D eigenvalue weighted by Crippen LogP contribution is -2.26. The summed E-state index contributed by atoms with van der Waals surface area (Å²) in [6.45, 7) is -0.0605. The van der Waals surface area contributed by atoms with Crippen molar-refractivity contribution in [3.8, 4) is 0 Å². The van der Waals surface area contributed by atoms with Crippen LogP contribution in [-0.2, 0) is 15.7 Å². The van der Waals surface area contributed by atoms with E-state index in [1.54, 1.807) is 0 Å². The number of nitrogens with zero attached hydrogens (tertiary/aromatic N) is 1. The molecule has 0 bridgehead atoms. The van der Waals surface area contributed by atoms with E-state index in [1.165, 1.54) is 4.90 Å². The number of carboxylic acids is 1. The van der Waals surface area contributed by atoms with Gasteiger partial charge in [0.25, 0.3) is 0 Å². The lowest BCUT2D eigenvalue weighted by atomic mass is 10.1. The third-order valence-corrected chi connectivity index (χ3v) is 3.19. The van der Waals surface area contributed by atoms with Crippen LogP contribution in [0.25, 0.3) is 0 Å². The minimum Gasteiger partial charge on any atom is -0.480 e. The summed E-state index contributed by atoms with van der Waals surface area (Å²) in [4.78, 5) is 11.8. The van der Waals surface area contributed by atoms with Crippen LogP contribution < -0.4 is 4.90 Å². The molecule has 4 nitrogen and oxygen atoms in total. The standard InChI is InChI=1S/C13H13F4NO3/c14-8-1-2-11(10(5-8)13(15,16)17)18-4-3-9(6-18)21-7-12(19)20/h1-2,5,9H,3-4,6-7H2,(H,19,20). The summed E-state index contributed by atoms with van der Waals surface area (Å²) in [6, 6.07) is 2.51. The molecule has 21 heavy (non-hydrogen) atoms. The van der Waals surface area contributed by atoms with Crippen molar-refractivity contribution in [3.05, 3.63) is 29.6 Å². The number of rotatable bonds is 4. The molecule has 0 radical (unpaired) electrons. The number of ether oxygens (including phenoxy) is 1. The molecule has 1 aromatic rings. The molecule has 0 amide bonds. The van der Waals surface area contributed by atoms with E-state index in [0.29, 0.717) is 19.0 Å². The molecule has 1 unspecified atom stereocenters. The molecule has 2 rings (SSSR count). The summed E-state index contributed by atoms with van der Waals surface area (Å²) in [5.41, 5.74) is -1.16. The van der Waals surface area contributed by atoms with Gasteiger partial charge >= 0.3 is 12.1 Å². The Kier molecular flexibility index (Phi) is 4.36. The monoisotopic (exact) mass is 307 g/mol. The highest BCUT2D eigenvalue weighted by Crippen LogP contribution is 2.38. The average Bonchev–Trinajstić information content (AvgIpc) is 2.84. The van der Waals surface area contributed by atoms with Crippen molar-refractivity contribution in [2.45, 2.75) is 18.7 Å². The van der Waals surface area contributed by atoms with Gasteiger partial charge in [-0.2, -0.15) is 13.2 Å². The molecular formula is C13H13F4NO3. The lowest BCUT2D eigenvalue weighted by molar-refractivity contribution is -0.143. The molecule has 1 heterocycles. The second-order valence-electron chi connectivity index (χ2n) is 4.72. The fourth-order valence-electron chi connectivity index (χ4n) is 2.28. The van der Waals surface area contributed by atoms with E-state index in [9.17, 15) is 22.4 Å². The number of carboxylic acid groups (broad SMARTS) is 1. The first-order valence-electron chi connectivity index (χ1n) is 6.22.